The van der Waals surface area contributed by atoms with E-state index < -0.39 is 0 Å². The summed E-state index contributed by atoms with van der Waals surface area (Å²) in [4.78, 5) is 13.9. The number of benzene rings is 2. The first-order valence-corrected chi connectivity index (χ1v) is 10.5. The first-order valence-electron chi connectivity index (χ1n) is 10.5. The lowest BCUT2D eigenvalue weighted by atomic mass is 9.82. The highest BCUT2D eigenvalue weighted by atomic mass is 15.4. The molecule has 6 rings (SSSR count). The summed E-state index contributed by atoms with van der Waals surface area (Å²) in [6, 6.07) is 21.1. The van der Waals surface area contributed by atoms with Gasteiger partial charge in [-0.05, 0) is 37.0 Å². The molecule has 0 radical (unpaired) electrons. The third-order valence-corrected chi connectivity index (χ3v) is 6.43. The third kappa shape index (κ3) is 2.70. The molecule has 1 saturated carbocycles. The predicted octanol–water partition coefficient (Wildman–Crippen LogP) is 4.83. The van der Waals surface area contributed by atoms with E-state index in [1.54, 1.807) is 6.20 Å². The Morgan fingerprint density at radius 3 is 2.57 bits per heavy atom. The van der Waals surface area contributed by atoms with Crippen LogP contribution in [0.5, 0.6) is 0 Å². The van der Waals surface area contributed by atoms with Crippen molar-refractivity contribution < 1.29 is 0 Å². The van der Waals surface area contributed by atoms with E-state index in [1.807, 2.05) is 18.2 Å². The summed E-state index contributed by atoms with van der Waals surface area (Å²) in [5.74, 6) is 1.20. The molecule has 1 unspecified atom stereocenters. The Morgan fingerprint density at radius 2 is 1.77 bits per heavy atom. The van der Waals surface area contributed by atoms with Gasteiger partial charge in [0.15, 0.2) is 0 Å². The minimum absolute atomic E-state index is 0.244. The first kappa shape index (κ1) is 17.3. The maximum Gasteiger partial charge on any atom is 0.148 e. The monoisotopic (exact) mass is 393 g/mol. The van der Waals surface area contributed by atoms with Crippen LogP contribution in [0.4, 0.5) is 5.69 Å². The minimum Gasteiger partial charge on any atom is -0.382 e. The number of hydrogen-bond acceptors (Lipinski definition) is 5. The van der Waals surface area contributed by atoms with Crippen LogP contribution in [0.1, 0.15) is 19.3 Å². The Bertz CT molecular complexity index is 1210. The van der Waals surface area contributed by atoms with Gasteiger partial charge in [0, 0.05) is 35.2 Å². The number of rotatable bonds is 3. The van der Waals surface area contributed by atoms with Crippen molar-refractivity contribution in [3.63, 3.8) is 0 Å². The number of nitrogens with two attached hydrogens (primary N) is 1. The highest BCUT2D eigenvalue weighted by Crippen LogP contribution is 2.42. The van der Waals surface area contributed by atoms with E-state index in [-0.39, 0.29) is 6.17 Å². The summed E-state index contributed by atoms with van der Waals surface area (Å²) >= 11 is 0. The summed E-state index contributed by atoms with van der Waals surface area (Å²) in [6.45, 7) is 0. The fraction of sp³-hybridized carbons (Fsp3) is 0.200. The van der Waals surface area contributed by atoms with E-state index in [0.717, 1.165) is 33.5 Å². The van der Waals surface area contributed by atoms with Crippen LogP contribution in [0.2, 0.25) is 0 Å². The van der Waals surface area contributed by atoms with Crippen LogP contribution in [0.15, 0.2) is 90.0 Å². The topological polar surface area (TPSA) is 57.8 Å². The third-order valence-electron chi connectivity index (χ3n) is 6.43. The molecule has 0 bridgehead atoms. The molecule has 0 spiro atoms. The van der Waals surface area contributed by atoms with E-state index in [4.69, 9.17) is 10.7 Å². The molecule has 5 nitrogen and oxygen atoms in total. The zero-order chi connectivity index (χ0) is 20.1. The second-order valence-corrected chi connectivity index (χ2v) is 8.19. The van der Waals surface area contributed by atoms with E-state index in [2.05, 4.69) is 69.7 Å². The largest absolute Gasteiger partial charge is 0.382 e. The number of amidine groups is 1. The minimum atomic E-state index is 0.244. The fourth-order valence-corrected chi connectivity index (χ4v) is 4.63. The maximum absolute atomic E-state index is 6.21. The van der Waals surface area contributed by atoms with Crippen LogP contribution in [0, 0.1) is 5.92 Å². The van der Waals surface area contributed by atoms with E-state index in [9.17, 15) is 0 Å². The van der Waals surface area contributed by atoms with Crippen molar-refractivity contribution in [3.05, 3.63) is 85.0 Å². The highest BCUT2D eigenvalue weighted by molar-refractivity contribution is 5.99. The van der Waals surface area contributed by atoms with Crippen molar-refractivity contribution in [1.82, 2.24) is 9.88 Å². The molecule has 1 fully saturated rings. The van der Waals surface area contributed by atoms with Gasteiger partial charge in [0.25, 0.3) is 0 Å². The first-order chi connectivity index (χ1) is 14.8. The number of aliphatic imine (C=N–C) groups is 1. The van der Waals surface area contributed by atoms with E-state index in [0.29, 0.717) is 11.8 Å². The number of aromatic nitrogens is 1. The standard InChI is InChI=1S/C25H23N5/c26-24-23-16-30(25(19-7-4-8-19)29(23)14-13-27-24)20-11-9-18-10-12-21(28-22(18)15-20)17-5-2-1-3-6-17/h1-3,5-6,9-16,19,25H,4,7-8H2,(H2,26,27). The highest BCUT2D eigenvalue weighted by Gasteiger charge is 2.41. The predicted molar refractivity (Wildman–Crippen MR) is 121 cm³/mol. The summed E-state index contributed by atoms with van der Waals surface area (Å²) in [7, 11) is 0. The van der Waals surface area contributed by atoms with Gasteiger partial charge >= 0.3 is 0 Å². The van der Waals surface area contributed by atoms with Crippen LogP contribution in [0.25, 0.3) is 22.2 Å². The summed E-state index contributed by atoms with van der Waals surface area (Å²) in [5.41, 5.74) is 11.5. The van der Waals surface area contributed by atoms with Crippen molar-refractivity contribution in [2.75, 3.05) is 4.90 Å². The van der Waals surface area contributed by atoms with Crippen LogP contribution in [0.3, 0.4) is 0 Å². The molecule has 3 aromatic rings. The lowest BCUT2D eigenvalue weighted by Gasteiger charge is -2.42. The molecule has 2 aliphatic heterocycles. The molecule has 2 aromatic carbocycles. The summed E-state index contributed by atoms with van der Waals surface area (Å²) < 4.78 is 0. The van der Waals surface area contributed by atoms with Gasteiger partial charge in [0.05, 0.1) is 11.2 Å². The van der Waals surface area contributed by atoms with Crippen LogP contribution < -0.4 is 10.6 Å². The molecule has 3 heterocycles. The molecular weight excluding hydrogens is 370 g/mol. The van der Waals surface area contributed by atoms with Gasteiger partial charge in [-0.1, -0.05) is 48.9 Å². The van der Waals surface area contributed by atoms with Gasteiger partial charge in [0.2, 0.25) is 0 Å². The second-order valence-electron chi connectivity index (χ2n) is 8.19. The zero-order valence-electron chi connectivity index (χ0n) is 16.6. The van der Waals surface area contributed by atoms with Gasteiger partial charge in [-0.2, -0.15) is 0 Å². The van der Waals surface area contributed by atoms with E-state index >= 15 is 0 Å². The normalized spacial score (nSPS) is 20.7. The molecule has 1 aromatic heterocycles. The van der Waals surface area contributed by atoms with Crippen molar-refractivity contribution in [1.29, 1.82) is 0 Å². The van der Waals surface area contributed by atoms with Gasteiger partial charge in [-0.25, -0.2) is 9.98 Å². The molecular formula is C25H23N5. The van der Waals surface area contributed by atoms with E-state index in [1.165, 1.54) is 19.3 Å². The Morgan fingerprint density at radius 1 is 0.933 bits per heavy atom. The molecule has 1 aliphatic carbocycles. The molecule has 30 heavy (non-hydrogen) atoms. The molecule has 1 atom stereocenters. The Labute approximate surface area is 175 Å². The van der Waals surface area contributed by atoms with Gasteiger partial charge in [0.1, 0.15) is 17.7 Å². The fourth-order valence-electron chi connectivity index (χ4n) is 4.63. The van der Waals surface area contributed by atoms with Gasteiger partial charge < -0.3 is 15.5 Å². The van der Waals surface area contributed by atoms with Crippen molar-refractivity contribution in [2.45, 2.75) is 25.4 Å². The van der Waals surface area contributed by atoms with Crippen molar-refractivity contribution in [3.8, 4) is 11.3 Å². The number of anilines is 1. The quantitative estimate of drug-likeness (QED) is 0.692. The average molecular weight is 393 g/mol. The Kier molecular flexibility index (Phi) is 3.88. The Balaban J connectivity index is 1.43. The van der Waals surface area contributed by atoms with Crippen LogP contribution >= 0.6 is 0 Å². The molecule has 2 N–H and O–H groups in total. The molecule has 0 amide bonds. The van der Waals surface area contributed by atoms with Crippen LogP contribution in [-0.4, -0.2) is 21.9 Å². The second kappa shape index (κ2) is 6.73. The summed E-state index contributed by atoms with van der Waals surface area (Å²) in [6.07, 6.45) is 10.0. The molecule has 5 heteroatoms. The van der Waals surface area contributed by atoms with Gasteiger partial charge in [-0.15, -0.1) is 0 Å². The average Bonchev–Trinajstić information content (AvgIpc) is 3.13. The van der Waals surface area contributed by atoms with Crippen molar-refractivity contribution >= 4 is 22.4 Å². The van der Waals surface area contributed by atoms with Gasteiger partial charge in [-0.3, -0.25) is 0 Å². The number of fused-ring (bicyclic) bond motifs is 2. The van der Waals surface area contributed by atoms with Crippen molar-refractivity contribution in [2.24, 2.45) is 16.6 Å². The number of nitrogens with zero attached hydrogens (tertiary/aromatic N) is 4. The lowest BCUT2D eigenvalue weighted by Crippen LogP contribution is -2.47. The number of pyridine rings is 1. The van der Waals surface area contributed by atoms with Crippen LogP contribution in [-0.2, 0) is 0 Å². The maximum atomic E-state index is 6.21. The lowest BCUT2D eigenvalue weighted by molar-refractivity contribution is 0.180. The molecule has 148 valence electrons. The number of hydrogen-bond donors (Lipinski definition) is 1. The Hall–Kier alpha value is -3.60. The SMILES string of the molecule is NC1=NC=CN2C1=CN(c1ccc3ccc(-c4ccccc4)nc3c1)C2C1CCC1. The molecule has 0 saturated heterocycles. The molecule has 3 aliphatic rings. The zero-order valence-corrected chi connectivity index (χ0v) is 16.6. The smallest absolute Gasteiger partial charge is 0.148 e. The summed E-state index contributed by atoms with van der Waals surface area (Å²) in [5, 5.41) is 1.14.